The summed E-state index contributed by atoms with van der Waals surface area (Å²) >= 11 is 0. The van der Waals surface area contributed by atoms with Crippen LogP contribution in [0.15, 0.2) is 0 Å². The van der Waals surface area contributed by atoms with Gasteiger partial charge >= 0.3 is 5.97 Å². The van der Waals surface area contributed by atoms with E-state index in [1.54, 1.807) is 0 Å². The van der Waals surface area contributed by atoms with Crippen LogP contribution in [-0.2, 0) is 4.79 Å². The molecular weight excluding hydrogens is 216 g/mol. The van der Waals surface area contributed by atoms with Gasteiger partial charge in [-0.25, -0.2) is 0 Å². The highest BCUT2D eigenvalue weighted by Gasteiger charge is 2.26. The molecule has 1 fully saturated rings. The normalized spacial score (nSPS) is 22.6. The van der Waals surface area contributed by atoms with Crippen molar-refractivity contribution >= 4 is 5.97 Å². The minimum Gasteiger partial charge on any atom is -0.480 e. The second-order valence-electron chi connectivity index (χ2n) is 4.77. The van der Waals surface area contributed by atoms with Crippen molar-refractivity contribution in [3.63, 3.8) is 0 Å². The molecule has 1 unspecified atom stereocenters. The fraction of sp³-hybridized carbons (Fsp3) is 0.923. The summed E-state index contributed by atoms with van der Waals surface area (Å²) in [6, 6.07) is -0.256. The first kappa shape index (κ1) is 14.5. The van der Waals surface area contributed by atoms with Crippen molar-refractivity contribution in [2.24, 2.45) is 0 Å². The summed E-state index contributed by atoms with van der Waals surface area (Å²) in [5.41, 5.74) is 0. The number of aliphatic carboxylic acids is 1. The van der Waals surface area contributed by atoms with Crippen LogP contribution in [0.2, 0.25) is 0 Å². The third kappa shape index (κ3) is 4.64. The van der Waals surface area contributed by atoms with Crippen LogP contribution in [0.5, 0.6) is 0 Å². The molecule has 1 heterocycles. The summed E-state index contributed by atoms with van der Waals surface area (Å²) in [7, 11) is 0. The van der Waals surface area contributed by atoms with E-state index in [1.807, 2.05) is 0 Å². The molecule has 100 valence electrons. The molecule has 0 aliphatic carbocycles. The van der Waals surface area contributed by atoms with E-state index in [4.69, 9.17) is 0 Å². The number of nitrogens with zero attached hydrogens (tertiary/aromatic N) is 2. The molecule has 17 heavy (non-hydrogen) atoms. The Bertz CT molecular complexity index is 229. The molecule has 1 aliphatic heterocycles. The molecule has 0 aromatic carbocycles. The maximum atomic E-state index is 11.2. The second kappa shape index (κ2) is 7.67. The first-order valence-electron chi connectivity index (χ1n) is 6.88. The van der Waals surface area contributed by atoms with Gasteiger partial charge in [0.2, 0.25) is 0 Å². The van der Waals surface area contributed by atoms with Crippen molar-refractivity contribution in [2.45, 2.75) is 45.6 Å². The Hall–Kier alpha value is -0.610. The summed E-state index contributed by atoms with van der Waals surface area (Å²) < 4.78 is 0. The van der Waals surface area contributed by atoms with E-state index in [0.717, 1.165) is 52.0 Å². The van der Waals surface area contributed by atoms with Crippen molar-refractivity contribution in [3.8, 4) is 0 Å². The van der Waals surface area contributed by atoms with Crippen molar-refractivity contribution in [3.05, 3.63) is 0 Å². The highest BCUT2D eigenvalue weighted by molar-refractivity contribution is 5.73. The van der Waals surface area contributed by atoms with Crippen LogP contribution in [0.4, 0.5) is 0 Å². The molecule has 0 aromatic rings. The summed E-state index contributed by atoms with van der Waals surface area (Å²) in [4.78, 5) is 15.8. The van der Waals surface area contributed by atoms with Crippen molar-refractivity contribution < 1.29 is 9.90 Å². The Balaban J connectivity index is 2.48. The third-order valence-corrected chi connectivity index (χ3v) is 3.75. The Kier molecular flexibility index (Phi) is 6.52. The quantitative estimate of drug-likeness (QED) is 0.769. The van der Waals surface area contributed by atoms with Crippen molar-refractivity contribution in [2.75, 3.05) is 32.7 Å². The number of hydrogen-bond donors (Lipinski definition) is 1. The number of carbonyl (C=O) groups is 1. The Morgan fingerprint density at radius 2 is 2.00 bits per heavy atom. The first-order valence-corrected chi connectivity index (χ1v) is 6.88. The molecule has 4 nitrogen and oxygen atoms in total. The minimum absolute atomic E-state index is 0.256. The highest BCUT2D eigenvalue weighted by Crippen LogP contribution is 2.16. The third-order valence-electron chi connectivity index (χ3n) is 3.75. The molecule has 0 amide bonds. The number of likely N-dealkylation sites (tertiary alicyclic amines) is 1. The summed E-state index contributed by atoms with van der Waals surface area (Å²) in [5.74, 6) is -0.647. The van der Waals surface area contributed by atoms with E-state index < -0.39 is 5.97 Å². The van der Waals surface area contributed by atoms with Crippen LogP contribution in [0.3, 0.4) is 0 Å². The monoisotopic (exact) mass is 242 g/mol. The van der Waals surface area contributed by atoms with Crippen molar-refractivity contribution in [1.82, 2.24) is 9.80 Å². The average Bonchev–Trinajstić information content (AvgIpc) is 2.55. The van der Waals surface area contributed by atoms with Crippen LogP contribution in [-0.4, -0.2) is 59.6 Å². The zero-order valence-electron chi connectivity index (χ0n) is 11.2. The van der Waals surface area contributed by atoms with E-state index in [0.29, 0.717) is 0 Å². The van der Waals surface area contributed by atoms with Crippen LogP contribution in [0.25, 0.3) is 0 Å². The van der Waals surface area contributed by atoms with Gasteiger partial charge in [0.05, 0.1) is 0 Å². The maximum absolute atomic E-state index is 11.2. The fourth-order valence-corrected chi connectivity index (χ4v) is 2.52. The standard InChI is InChI=1S/C13H26N2O2/c1-3-14(4-2)10-11-15-9-7-5-6-8-12(15)13(16)17/h12H,3-11H2,1-2H3,(H,16,17). The molecule has 1 N–H and O–H groups in total. The van der Waals surface area contributed by atoms with E-state index in [9.17, 15) is 9.90 Å². The predicted octanol–water partition coefficient (Wildman–Crippen LogP) is 1.66. The summed E-state index contributed by atoms with van der Waals surface area (Å²) in [6.07, 6.45) is 4.18. The lowest BCUT2D eigenvalue weighted by Crippen LogP contribution is -2.44. The molecule has 4 heteroatoms. The molecule has 1 rings (SSSR count). The van der Waals surface area contributed by atoms with E-state index >= 15 is 0 Å². The zero-order chi connectivity index (χ0) is 12.7. The topological polar surface area (TPSA) is 43.8 Å². The van der Waals surface area contributed by atoms with Gasteiger partial charge in [0.1, 0.15) is 6.04 Å². The van der Waals surface area contributed by atoms with Gasteiger partial charge in [-0.15, -0.1) is 0 Å². The Morgan fingerprint density at radius 1 is 1.29 bits per heavy atom. The lowest BCUT2D eigenvalue weighted by molar-refractivity contribution is -0.143. The van der Waals surface area contributed by atoms with Gasteiger partial charge in [-0.1, -0.05) is 26.7 Å². The SMILES string of the molecule is CCN(CC)CCN1CCCCCC1C(=O)O. The van der Waals surface area contributed by atoms with Crippen LogP contribution < -0.4 is 0 Å². The molecule has 1 atom stereocenters. The van der Waals surface area contributed by atoms with Crippen LogP contribution >= 0.6 is 0 Å². The van der Waals surface area contributed by atoms with Gasteiger partial charge in [-0.05, 0) is 32.5 Å². The first-order chi connectivity index (χ1) is 8.19. The van der Waals surface area contributed by atoms with E-state index in [-0.39, 0.29) is 6.04 Å². The summed E-state index contributed by atoms with van der Waals surface area (Å²) in [5, 5.41) is 9.26. The van der Waals surface area contributed by atoms with Gasteiger partial charge in [0.15, 0.2) is 0 Å². The fourth-order valence-electron chi connectivity index (χ4n) is 2.52. The van der Waals surface area contributed by atoms with Gasteiger partial charge in [0.25, 0.3) is 0 Å². The minimum atomic E-state index is -0.647. The van der Waals surface area contributed by atoms with E-state index in [1.165, 1.54) is 6.42 Å². The lowest BCUT2D eigenvalue weighted by Gasteiger charge is -2.29. The Morgan fingerprint density at radius 3 is 2.59 bits per heavy atom. The molecule has 0 aromatic heterocycles. The maximum Gasteiger partial charge on any atom is 0.320 e. The van der Waals surface area contributed by atoms with Gasteiger partial charge in [-0.2, -0.15) is 0 Å². The van der Waals surface area contributed by atoms with Crippen molar-refractivity contribution in [1.29, 1.82) is 0 Å². The lowest BCUT2D eigenvalue weighted by atomic mass is 10.1. The molecule has 0 saturated carbocycles. The predicted molar refractivity (Wildman–Crippen MR) is 69.3 cm³/mol. The smallest absolute Gasteiger partial charge is 0.320 e. The molecule has 1 saturated heterocycles. The van der Waals surface area contributed by atoms with Gasteiger partial charge in [-0.3, -0.25) is 9.69 Å². The highest BCUT2D eigenvalue weighted by atomic mass is 16.4. The average molecular weight is 242 g/mol. The number of carboxylic acids is 1. The zero-order valence-corrected chi connectivity index (χ0v) is 11.2. The number of rotatable bonds is 6. The van der Waals surface area contributed by atoms with Gasteiger partial charge in [0, 0.05) is 13.1 Å². The summed E-state index contributed by atoms with van der Waals surface area (Å²) in [6.45, 7) is 9.21. The molecule has 1 aliphatic rings. The molecule has 0 spiro atoms. The largest absolute Gasteiger partial charge is 0.480 e. The van der Waals surface area contributed by atoms with E-state index in [2.05, 4.69) is 23.6 Å². The number of likely N-dealkylation sites (N-methyl/N-ethyl adjacent to an activating group) is 1. The van der Waals surface area contributed by atoms with Crippen LogP contribution in [0, 0.1) is 0 Å². The number of hydrogen-bond acceptors (Lipinski definition) is 3. The number of carboxylic acid groups (broad SMARTS) is 1. The second-order valence-corrected chi connectivity index (χ2v) is 4.77. The van der Waals surface area contributed by atoms with Crippen LogP contribution in [0.1, 0.15) is 39.5 Å². The molecule has 0 radical (unpaired) electrons. The Labute approximate surface area is 105 Å². The molecule has 0 bridgehead atoms. The molecular formula is C13H26N2O2. The van der Waals surface area contributed by atoms with Gasteiger partial charge < -0.3 is 10.0 Å².